The lowest BCUT2D eigenvalue weighted by Crippen LogP contribution is -2.57. The maximum atomic E-state index is 15.2. The molecule has 3 heterocycles. The minimum atomic E-state index is -0.668. The van der Waals surface area contributed by atoms with Crippen molar-refractivity contribution in [1.82, 2.24) is 19.6 Å². The summed E-state index contributed by atoms with van der Waals surface area (Å²) in [4.78, 5) is 16.7. The first kappa shape index (κ1) is 31.0. The number of rotatable bonds is 6. The zero-order valence-electron chi connectivity index (χ0n) is 25.8. The molecular weight excluding hydrogens is 558 g/mol. The van der Waals surface area contributed by atoms with Gasteiger partial charge in [0.05, 0.1) is 16.8 Å². The van der Waals surface area contributed by atoms with Crippen molar-refractivity contribution in [2.75, 3.05) is 85.5 Å². The molecule has 0 bridgehead atoms. The maximum absolute atomic E-state index is 15.2. The molecule has 5 rings (SSSR count). The molecular formula is C32H45ClF2N6O. The van der Waals surface area contributed by atoms with E-state index in [-0.39, 0.29) is 17.6 Å². The van der Waals surface area contributed by atoms with Crippen molar-refractivity contribution in [1.29, 1.82) is 0 Å². The topological polar surface area (TPSA) is 37.8 Å². The Kier molecular flexibility index (Phi) is 9.62. The summed E-state index contributed by atoms with van der Waals surface area (Å²) < 4.78 is 35.5. The Bertz CT molecular complexity index is 1300. The largest absolute Gasteiger partial charge is 0.489 e. The van der Waals surface area contributed by atoms with Crippen molar-refractivity contribution in [2.45, 2.75) is 44.8 Å². The summed E-state index contributed by atoms with van der Waals surface area (Å²) in [5.74, 6) is 0.0743. The fourth-order valence-corrected chi connectivity index (χ4v) is 6.89. The lowest BCUT2D eigenvalue weighted by molar-refractivity contribution is 0.110. The summed E-state index contributed by atoms with van der Waals surface area (Å²) in [6.45, 7) is 12.1. The van der Waals surface area contributed by atoms with E-state index >= 15 is 4.39 Å². The van der Waals surface area contributed by atoms with E-state index in [1.165, 1.54) is 12.1 Å². The quantitative estimate of drug-likeness (QED) is 0.346. The van der Waals surface area contributed by atoms with Crippen LogP contribution >= 0.6 is 11.6 Å². The third-order valence-corrected chi connectivity index (χ3v) is 9.66. The minimum absolute atomic E-state index is 0.137. The molecule has 2 fully saturated rings. The van der Waals surface area contributed by atoms with Gasteiger partial charge in [0, 0.05) is 88.2 Å². The van der Waals surface area contributed by atoms with E-state index in [4.69, 9.17) is 21.3 Å². The summed E-state index contributed by atoms with van der Waals surface area (Å²) in [7, 11) is 8.24. The highest BCUT2D eigenvalue weighted by Gasteiger charge is 2.36. The third kappa shape index (κ3) is 6.25. The van der Waals surface area contributed by atoms with Crippen LogP contribution in [0.15, 0.2) is 29.3 Å². The fourth-order valence-electron chi connectivity index (χ4n) is 6.59. The number of nitrogens with zero attached hydrogens (tertiary/aromatic N) is 6. The number of anilines is 1. The number of hydrogen-bond donors (Lipinski definition) is 0. The molecule has 3 aliphatic rings. The van der Waals surface area contributed by atoms with Gasteiger partial charge in [0.15, 0.2) is 5.75 Å². The van der Waals surface area contributed by atoms with Gasteiger partial charge in [0.25, 0.3) is 0 Å². The van der Waals surface area contributed by atoms with Crippen molar-refractivity contribution in [3.8, 4) is 16.9 Å². The number of piperazine rings is 2. The molecule has 0 aliphatic carbocycles. The molecule has 0 saturated carbocycles. The van der Waals surface area contributed by atoms with E-state index < -0.39 is 11.6 Å². The van der Waals surface area contributed by atoms with Gasteiger partial charge in [-0.2, -0.15) is 0 Å². The van der Waals surface area contributed by atoms with Gasteiger partial charge in [-0.15, -0.1) is 0 Å². The van der Waals surface area contributed by atoms with Crippen molar-refractivity contribution in [2.24, 2.45) is 4.99 Å². The summed E-state index contributed by atoms with van der Waals surface area (Å²) in [6, 6.07) is 6.22. The summed E-state index contributed by atoms with van der Waals surface area (Å²) >= 11 is 6.96. The lowest BCUT2D eigenvalue weighted by Gasteiger charge is -2.45. The average molecular weight is 603 g/mol. The second-order valence-corrected chi connectivity index (χ2v) is 12.7. The van der Waals surface area contributed by atoms with Gasteiger partial charge < -0.3 is 24.3 Å². The van der Waals surface area contributed by atoms with Gasteiger partial charge in [-0.1, -0.05) is 11.6 Å². The van der Waals surface area contributed by atoms with Crippen LogP contribution in [0.2, 0.25) is 5.02 Å². The van der Waals surface area contributed by atoms with Crippen molar-refractivity contribution in [3.63, 3.8) is 0 Å². The highest BCUT2D eigenvalue weighted by molar-refractivity contribution is 6.34. The molecule has 0 amide bonds. The van der Waals surface area contributed by atoms with Crippen LogP contribution in [0.3, 0.4) is 0 Å². The highest BCUT2D eigenvalue weighted by atomic mass is 35.5. The summed E-state index contributed by atoms with van der Waals surface area (Å²) in [5, 5.41) is 0.354. The van der Waals surface area contributed by atoms with E-state index in [0.717, 1.165) is 81.8 Å². The SMILES string of the molecule is CN=C(c1cc(Cl)c(-c2ccc(F)cc2F)c2c1N(C)[C@@H](CCCN1CCN(C)CC1)CO2)N1C[C@@H](C)N(C)C[C@@H]1C. The molecule has 7 nitrogen and oxygen atoms in total. The third-order valence-electron chi connectivity index (χ3n) is 9.36. The van der Waals surface area contributed by atoms with Crippen molar-refractivity contribution < 1.29 is 13.5 Å². The van der Waals surface area contributed by atoms with Gasteiger partial charge in [-0.3, -0.25) is 9.89 Å². The molecule has 10 heteroatoms. The number of ether oxygens (including phenoxy) is 1. The molecule has 230 valence electrons. The molecule has 0 N–H and O–H groups in total. The first-order chi connectivity index (χ1) is 20.1. The van der Waals surface area contributed by atoms with Crippen LogP contribution in [-0.2, 0) is 0 Å². The number of benzene rings is 2. The second kappa shape index (κ2) is 13.0. The summed E-state index contributed by atoms with van der Waals surface area (Å²) in [5.41, 5.74) is 2.40. The predicted octanol–water partition coefficient (Wildman–Crippen LogP) is 4.91. The number of amidine groups is 1. The van der Waals surface area contributed by atoms with Crippen molar-refractivity contribution >= 4 is 23.1 Å². The molecule has 0 radical (unpaired) electrons. The number of aliphatic imine (C=N–C) groups is 1. The Balaban J connectivity index is 1.52. The van der Waals surface area contributed by atoms with Crippen LogP contribution in [0.5, 0.6) is 5.75 Å². The minimum Gasteiger partial charge on any atom is -0.489 e. The zero-order valence-corrected chi connectivity index (χ0v) is 26.6. The molecule has 3 aliphatic heterocycles. The normalized spacial score (nSPS) is 24.6. The predicted molar refractivity (Wildman–Crippen MR) is 168 cm³/mol. The number of fused-ring (bicyclic) bond motifs is 1. The van der Waals surface area contributed by atoms with Gasteiger partial charge >= 0.3 is 0 Å². The first-order valence-corrected chi connectivity index (χ1v) is 15.5. The first-order valence-electron chi connectivity index (χ1n) is 15.1. The van der Waals surface area contributed by atoms with Gasteiger partial charge in [0.2, 0.25) is 0 Å². The molecule has 42 heavy (non-hydrogen) atoms. The van der Waals surface area contributed by atoms with Crippen LogP contribution in [0.25, 0.3) is 11.1 Å². The Labute approximate surface area is 254 Å². The molecule has 2 saturated heterocycles. The Morgan fingerprint density at radius 1 is 1.02 bits per heavy atom. The Morgan fingerprint density at radius 3 is 2.45 bits per heavy atom. The molecule has 2 aromatic carbocycles. The molecule has 0 spiro atoms. The van der Waals surface area contributed by atoms with Gasteiger partial charge in [-0.25, -0.2) is 8.78 Å². The van der Waals surface area contributed by atoms with E-state index in [0.29, 0.717) is 29.0 Å². The van der Waals surface area contributed by atoms with Crippen molar-refractivity contribution in [3.05, 3.63) is 46.5 Å². The summed E-state index contributed by atoms with van der Waals surface area (Å²) in [6.07, 6.45) is 2.02. The monoisotopic (exact) mass is 602 g/mol. The molecule has 0 unspecified atom stereocenters. The number of halogens is 3. The highest BCUT2D eigenvalue weighted by Crippen LogP contribution is 2.49. The van der Waals surface area contributed by atoms with E-state index in [9.17, 15) is 4.39 Å². The standard InChI is InChI=1S/C32H45ClF2N6O/c1-21-19-41(22(2)18-38(21)5)32(36-3)26-17-27(33)29(25-10-9-23(34)16-28(25)35)31-30(26)39(6)24(20-42-31)8-7-11-40-14-12-37(4)13-15-40/h9-10,16-17,21-22,24H,7-8,11-15,18-20H2,1-6H3/t21-,22+,24+/m1/s1. The van der Waals surface area contributed by atoms with E-state index in [2.05, 4.69) is 59.5 Å². The molecule has 0 aromatic heterocycles. The number of hydrogen-bond acceptors (Lipinski definition) is 6. The number of likely N-dealkylation sites (N-methyl/N-ethyl adjacent to an activating group) is 3. The zero-order chi connectivity index (χ0) is 30.1. The lowest BCUT2D eigenvalue weighted by atomic mass is 9.95. The smallest absolute Gasteiger partial charge is 0.152 e. The van der Waals surface area contributed by atoms with Crippen LogP contribution in [0, 0.1) is 11.6 Å². The Hall–Kier alpha value is -2.46. The van der Waals surface area contributed by atoms with Crippen LogP contribution in [0.1, 0.15) is 32.3 Å². The average Bonchev–Trinajstić information content (AvgIpc) is 2.94. The molecule has 2 aromatic rings. The van der Waals surface area contributed by atoms with E-state index in [1.54, 1.807) is 0 Å². The van der Waals surface area contributed by atoms with E-state index in [1.807, 2.05) is 13.1 Å². The fraction of sp³-hybridized carbons (Fsp3) is 0.594. The van der Waals surface area contributed by atoms with Crippen LogP contribution in [-0.4, -0.2) is 124 Å². The van der Waals surface area contributed by atoms with Gasteiger partial charge in [-0.05, 0) is 65.5 Å². The second-order valence-electron chi connectivity index (χ2n) is 12.3. The maximum Gasteiger partial charge on any atom is 0.152 e. The van der Waals surface area contributed by atoms with Crippen LogP contribution < -0.4 is 9.64 Å². The Morgan fingerprint density at radius 2 is 1.76 bits per heavy atom. The van der Waals surface area contributed by atoms with Gasteiger partial charge in [0.1, 0.15) is 24.1 Å². The molecule has 3 atom stereocenters. The van der Waals surface area contributed by atoms with Crippen LogP contribution in [0.4, 0.5) is 14.5 Å².